The maximum Gasteiger partial charge on any atom is 0.433 e. The minimum absolute atomic E-state index is 0.00127. The second kappa shape index (κ2) is 5.37. The van der Waals surface area contributed by atoms with E-state index in [1.165, 1.54) is 6.92 Å². The summed E-state index contributed by atoms with van der Waals surface area (Å²) in [6.07, 6.45) is -4.49. The summed E-state index contributed by atoms with van der Waals surface area (Å²) in [6, 6.07) is 1.96. The van der Waals surface area contributed by atoms with Crippen LogP contribution < -0.4 is 16.0 Å². The molecule has 2 aromatic heterocycles. The van der Waals surface area contributed by atoms with Crippen LogP contribution in [0.25, 0.3) is 11.4 Å². The number of rotatable bonds is 3. The number of aromatic amines is 1. The fourth-order valence-electron chi connectivity index (χ4n) is 2.51. The number of hydrogen-bond donors (Lipinski definition) is 3. The fourth-order valence-corrected chi connectivity index (χ4v) is 2.51. The SMILES string of the molecule is CNC1CN(c2cc(-c3n[nH]c(C(F)(F)F)c3C)nc(N)n2)C1. The Kier molecular flexibility index (Phi) is 3.63. The van der Waals surface area contributed by atoms with Gasteiger partial charge in [0, 0.05) is 30.8 Å². The lowest BCUT2D eigenvalue weighted by Crippen LogP contribution is -2.57. The van der Waals surface area contributed by atoms with Gasteiger partial charge in [0.15, 0.2) is 0 Å². The molecule has 1 aliphatic heterocycles. The standard InChI is InChI=1S/C13H16F3N7/c1-6-10(21-22-11(6)13(14,15)16)8-3-9(20-12(17)19-8)23-4-7(5-23)18-2/h3,7,18H,4-5H2,1-2H3,(H,21,22)(H2,17,19,20). The van der Waals surface area contributed by atoms with Crippen LogP contribution in [-0.2, 0) is 6.18 Å². The molecule has 124 valence electrons. The van der Waals surface area contributed by atoms with E-state index < -0.39 is 11.9 Å². The van der Waals surface area contributed by atoms with Gasteiger partial charge in [0.05, 0.1) is 5.69 Å². The molecule has 3 rings (SSSR count). The van der Waals surface area contributed by atoms with Crippen molar-refractivity contribution in [3.05, 3.63) is 17.3 Å². The smallest absolute Gasteiger partial charge is 0.368 e. The van der Waals surface area contributed by atoms with Crippen LogP contribution in [0.3, 0.4) is 0 Å². The minimum atomic E-state index is -4.49. The van der Waals surface area contributed by atoms with E-state index in [4.69, 9.17) is 5.73 Å². The van der Waals surface area contributed by atoms with Gasteiger partial charge in [-0.1, -0.05) is 0 Å². The van der Waals surface area contributed by atoms with E-state index in [1.807, 2.05) is 17.0 Å². The first-order chi connectivity index (χ1) is 10.8. The quantitative estimate of drug-likeness (QED) is 0.784. The Labute approximate surface area is 130 Å². The number of alkyl halides is 3. The van der Waals surface area contributed by atoms with Crippen LogP contribution in [0.1, 0.15) is 11.3 Å². The van der Waals surface area contributed by atoms with Crippen molar-refractivity contribution in [1.29, 1.82) is 0 Å². The maximum atomic E-state index is 12.9. The molecule has 0 saturated carbocycles. The summed E-state index contributed by atoms with van der Waals surface area (Å²) in [4.78, 5) is 10.1. The molecule has 0 aromatic carbocycles. The van der Waals surface area contributed by atoms with Crippen LogP contribution in [0.4, 0.5) is 24.9 Å². The van der Waals surface area contributed by atoms with E-state index in [2.05, 4.69) is 20.4 Å². The zero-order valence-electron chi connectivity index (χ0n) is 12.6. The third-order valence-corrected chi connectivity index (χ3v) is 3.88. The molecule has 2 aromatic rings. The zero-order chi connectivity index (χ0) is 16.8. The maximum absolute atomic E-state index is 12.9. The Bertz CT molecular complexity index is 719. The molecule has 10 heteroatoms. The Morgan fingerprint density at radius 3 is 2.61 bits per heavy atom. The molecule has 3 heterocycles. The molecule has 0 bridgehead atoms. The monoisotopic (exact) mass is 327 g/mol. The summed E-state index contributed by atoms with van der Waals surface area (Å²) < 4.78 is 38.6. The van der Waals surface area contributed by atoms with E-state index in [-0.39, 0.29) is 22.9 Å². The minimum Gasteiger partial charge on any atom is -0.368 e. The second-order valence-corrected chi connectivity index (χ2v) is 5.43. The third-order valence-electron chi connectivity index (χ3n) is 3.88. The molecule has 0 spiro atoms. The Hall–Kier alpha value is -2.36. The highest BCUT2D eigenvalue weighted by Gasteiger charge is 2.36. The van der Waals surface area contributed by atoms with Crippen molar-refractivity contribution < 1.29 is 13.2 Å². The van der Waals surface area contributed by atoms with Gasteiger partial charge in [0.25, 0.3) is 0 Å². The number of nitrogen functional groups attached to an aromatic ring is 1. The molecule has 1 saturated heterocycles. The number of nitrogens with one attached hydrogen (secondary N) is 2. The number of H-pyrrole nitrogens is 1. The Morgan fingerprint density at radius 2 is 2.04 bits per heavy atom. The molecule has 23 heavy (non-hydrogen) atoms. The number of halogens is 3. The van der Waals surface area contributed by atoms with Crippen molar-refractivity contribution in [2.45, 2.75) is 19.1 Å². The van der Waals surface area contributed by atoms with Gasteiger partial charge in [-0.05, 0) is 14.0 Å². The third kappa shape index (κ3) is 2.81. The molecular weight excluding hydrogens is 311 g/mol. The lowest BCUT2D eigenvalue weighted by molar-refractivity contribution is -0.141. The summed E-state index contributed by atoms with van der Waals surface area (Å²) in [5, 5.41) is 8.90. The number of aromatic nitrogens is 4. The van der Waals surface area contributed by atoms with Crippen LogP contribution in [0.15, 0.2) is 6.07 Å². The van der Waals surface area contributed by atoms with E-state index in [9.17, 15) is 13.2 Å². The lowest BCUT2D eigenvalue weighted by Gasteiger charge is -2.40. The molecule has 0 atom stereocenters. The van der Waals surface area contributed by atoms with Crippen LogP contribution in [0.5, 0.6) is 0 Å². The molecule has 1 fully saturated rings. The van der Waals surface area contributed by atoms with Crippen molar-refractivity contribution in [2.75, 3.05) is 30.8 Å². The highest BCUT2D eigenvalue weighted by Crippen LogP contribution is 2.34. The normalized spacial score (nSPS) is 15.8. The zero-order valence-corrected chi connectivity index (χ0v) is 12.6. The topological polar surface area (TPSA) is 95.8 Å². The van der Waals surface area contributed by atoms with Gasteiger partial charge in [0.1, 0.15) is 17.2 Å². The van der Waals surface area contributed by atoms with Gasteiger partial charge in [-0.3, -0.25) is 5.10 Å². The van der Waals surface area contributed by atoms with Gasteiger partial charge in [-0.2, -0.15) is 23.3 Å². The first-order valence-corrected chi connectivity index (χ1v) is 6.99. The molecule has 0 aliphatic carbocycles. The van der Waals surface area contributed by atoms with E-state index in [0.717, 1.165) is 13.1 Å². The van der Waals surface area contributed by atoms with Crippen LogP contribution >= 0.6 is 0 Å². The van der Waals surface area contributed by atoms with Crippen molar-refractivity contribution in [3.8, 4) is 11.4 Å². The number of nitrogens with zero attached hydrogens (tertiary/aromatic N) is 4. The van der Waals surface area contributed by atoms with Crippen LogP contribution in [0.2, 0.25) is 0 Å². The van der Waals surface area contributed by atoms with Gasteiger partial charge in [0.2, 0.25) is 5.95 Å². The van der Waals surface area contributed by atoms with Crippen molar-refractivity contribution in [3.63, 3.8) is 0 Å². The van der Waals surface area contributed by atoms with Gasteiger partial charge < -0.3 is 16.0 Å². The number of nitrogens with two attached hydrogens (primary N) is 1. The molecule has 7 nitrogen and oxygen atoms in total. The Morgan fingerprint density at radius 1 is 1.35 bits per heavy atom. The number of hydrogen-bond acceptors (Lipinski definition) is 6. The van der Waals surface area contributed by atoms with E-state index >= 15 is 0 Å². The van der Waals surface area contributed by atoms with Crippen molar-refractivity contribution in [1.82, 2.24) is 25.5 Å². The number of likely N-dealkylation sites (N-methyl/N-ethyl adjacent to an activating group) is 1. The predicted octanol–water partition coefficient (Wildman–Crippen LogP) is 1.18. The first kappa shape index (κ1) is 15.5. The van der Waals surface area contributed by atoms with Crippen LogP contribution in [-0.4, -0.2) is 46.3 Å². The molecular formula is C13H16F3N7. The van der Waals surface area contributed by atoms with Gasteiger partial charge in [-0.15, -0.1) is 0 Å². The Balaban J connectivity index is 1.95. The van der Waals surface area contributed by atoms with Crippen molar-refractivity contribution >= 4 is 11.8 Å². The van der Waals surface area contributed by atoms with Crippen molar-refractivity contribution in [2.24, 2.45) is 0 Å². The summed E-state index contributed by atoms with van der Waals surface area (Å²) in [6.45, 7) is 2.85. The van der Waals surface area contributed by atoms with E-state index in [1.54, 1.807) is 6.07 Å². The summed E-state index contributed by atoms with van der Waals surface area (Å²) in [5.74, 6) is 0.580. The molecule has 1 aliphatic rings. The summed E-state index contributed by atoms with van der Waals surface area (Å²) in [7, 11) is 1.87. The molecule has 0 radical (unpaired) electrons. The lowest BCUT2D eigenvalue weighted by atomic mass is 10.1. The highest BCUT2D eigenvalue weighted by atomic mass is 19.4. The number of anilines is 2. The summed E-state index contributed by atoms with van der Waals surface area (Å²) >= 11 is 0. The average molecular weight is 327 g/mol. The fraction of sp³-hybridized carbons (Fsp3) is 0.462. The molecule has 0 unspecified atom stereocenters. The highest BCUT2D eigenvalue weighted by molar-refractivity contribution is 5.65. The largest absolute Gasteiger partial charge is 0.433 e. The average Bonchev–Trinajstić information content (AvgIpc) is 2.78. The molecule has 0 amide bonds. The predicted molar refractivity (Wildman–Crippen MR) is 78.8 cm³/mol. The second-order valence-electron chi connectivity index (χ2n) is 5.43. The first-order valence-electron chi connectivity index (χ1n) is 6.99. The van der Waals surface area contributed by atoms with Gasteiger partial charge >= 0.3 is 6.18 Å². The van der Waals surface area contributed by atoms with Gasteiger partial charge in [-0.25, -0.2) is 4.98 Å². The van der Waals surface area contributed by atoms with E-state index in [0.29, 0.717) is 11.9 Å². The molecule has 4 N–H and O–H groups in total. The summed E-state index contributed by atoms with van der Waals surface area (Å²) in [5.41, 5.74) is 5.19. The van der Waals surface area contributed by atoms with Crippen LogP contribution in [0, 0.1) is 6.92 Å².